The van der Waals surface area contributed by atoms with Gasteiger partial charge in [-0.15, -0.1) is 0 Å². The number of halogens is 1. The van der Waals surface area contributed by atoms with Crippen LogP contribution in [0.4, 0.5) is 0 Å². The lowest BCUT2D eigenvalue weighted by Gasteiger charge is -2.27. The van der Waals surface area contributed by atoms with E-state index in [0.717, 1.165) is 50.9 Å². The van der Waals surface area contributed by atoms with Gasteiger partial charge in [0.25, 0.3) is 0 Å². The molecule has 130 valence electrons. The van der Waals surface area contributed by atoms with Crippen molar-refractivity contribution in [1.82, 2.24) is 14.1 Å². The largest absolute Gasteiger partial charge is 0.312 e. The number of hydrogen-bond donors (Lipinski definition) is 1. The van der Waals surface area contributed by atoms with Crippen LogP contribution >= 0.6 is 11.6 Å². The number of pyridine rings is 1. The van der Waals surface area contributed by atoms with E-state index in [4.69, 9.17) is 17.0 Å². The molecule has 1 aliphatic carbocycles. The third-order valence-corrected chi connectivity index (χ3v) is 5.84. The van der Waals surface area contributed by atoms with Gasteiger partial charge in [0.15, 0.2) is 0 Å². The van der Waals surface area contributed by atoms with E-state index >= 15 is 0 Å². The van der Waals surface area contributed by atoms with Gasteiger partial charge in [-0.05, 0) is 54.7 Å². The Bertz CT molecular complexity index is 1200. The van der Waals surface area contributed by atoms with Crippen LogP contribution in [0.15, 0.2) is 48.7 Å². The summed E-state index contributed by atoms with van der Waals surface area (Å²) in [5, 5.41) is 10.4. The number of benzene rings is 2. The van der Waals surface area contributed by atoms with E-state index in [9.17, 15) is 0 Å². The average Bonchev–Trinajstić information content (AvgIpc) is 2.86. The van der Waals surface area contributed by atoms with Crippen LogP contribution in [0.3, 0.4) is 0 Å². The van der Waals surface area contributed by atoms with Crippen LogP contribution in [-0.4, -0.2) is 14.1 Å². The summed E-state index contributed by atoms with van der Waals surface area (Å²) in [7, 11) is 1.95. The minimum Gasteiger partial charge on any atom is -0.312 e. The van der Waals surface area contributed by atoms with Crippen LogP contribution < -0.4 is 5.62 Å². The second-order valence-corrected chi connectivity index (χ2v) is 7.50. The summed E-state index contributed by atoms with van der Waals surface area (Å²) < 4.78 is 4.14. The summed E-state index contributed by atoms with van der Waals surface area (Å²) in [6, 6.07) is 14.7. The van der Waals surface area contributed by atoms with Crippen molar-refractivity contribution in [3.05, 3.63) is 59.3 Å². The Hall–Kier alpha value is -2.59. The molecule has 5 heteroatoms. The fraction of sp³-hybridized carbons (Fsp3) is 0.238. The molecule has 1 fully saturated rings. The summed E-state index contributed by atoms with van der Waals surface area (Å²) in [5.74, 6) is 0. The van der Waals surface area contributed by atoms with Crippen molar-refractivity contribution in [2.45, 2.75) is 25.3 Å². The van der Waals surface area contributed by atoms with Crippen molar-refractivity contribution < 1.29 is 0 Å². The molecule has 26 heavy (non-hydrogen) atoms. The van der Waals surface area contributed by atoms with Gasteiger partial charge in [0.2, 0.25) is 5.62 Å². The normalized spacial score (nSPS) is 14.8. The van der Waals surface area contributed by atoms with Crippen LogP contribution in [0.1, 0.15) is 25.3 Å². The van der Waals surface area contributed by atoms with Crippen molar-refractivity contribution in [3.8, 4) is 11.1 Å². The van der Waals surface area contributed by atoms with Crippen LogP contribution in [-0.2, 0) is 7.05 Å². The first-order chi connectivity index (χ1) is 12.6. The summed E-state index contributed by atoms with van der Waals surface area (Å²) in [6.45, 7) is 0. The molecule has 1 saturated carbocycles. The highest BCUT2D eigenvalue weighted by atomic mass is 35.5. The first kappa shape index (κ1) is 15.6. The Morgan fingerprint density at radius 3 is 2.50 bits per heavy atom. The Morgan fingerprint density at radius 1 is 1.08 bits per heavy atom. The molecule has 4 nitrogen and oxygen atoms in total. The van der Waals surface area contributed by atoms with Crippen molar-refractivity contribution in [2.75, 3.05) is 0 Å². The lowest BCUT2D eigenvalue weighted by molar-refractivity contribution is 0.308. The van der Waals surface area contributed by atoms with Crippen molar-refractivity contribution in [3.63, 3.8) is 0 Å². The zero-order chi connectivity index (χ0) is 17.8. The smallest absolute Gasteiger partial charge is 0.203 e. The minimum atomic E-state index is 0.427. The average molecular weight is 363 g/mol. The van der Waals surface area contributed by atoms with Gasteiger partial charge in [-0.1, -0.05) is 29.8 Å². The molecule has 0 radical (unpaired) electrons. The molecule has 0 amide bonds. The SMILES string of the molecule is Cn1c(=N)n(C2CCC2)c2c3cc(-c4ccc(Cl)cc4)ccc3ncc21. The zero-order valence-corrected chi connectivity index (χ0v) is 15.3. The fourth-order valence-electron chi connectivity index (χ4n) is 3.87. The van der Waals surface area contributed by atoms with Gasteiger partial charge >= 0.3 is 0 Å². The molecule has 2 aromatic carbocycles. The first-order valence-electron chi connectivity index (χ1n) is 8.94. The molecule has 0 bridgehead atoms. The van der Waals surface area contributed by atoms with Gasteiger partial charge in [0.05, 0.1) is 22.7 Å². The maximum absolute atomic E-state index is 8.59. The first-order valence-corrected chi connectivity index (χ1v) is 9.31. The molecule has 1 N–H and O–H groups in total. The highest BCUT2D eigenvalue weighted by molar-refractivity contribution is 6.30. The molecule has 0 atom stereocenters. The van der Waals surface area contributed by atoms with E-state index < -0.39 is 0 Å². The topological polar surface area (TPSA) is 46.6 Å². The lowest BCUT2D eigenvalue weighted by Crippen LogP contribution is -2.29. The van der Waals surface area contributed by atoms with Gasteiger partial charge in [-0.3, -0.25) is 10.4 Å². The van der Waals surface area contributed by atoms with Gasteiger partial charge in [-0.2, -0.15) is 0 Å². The number of hydrogen-bond acceptors (Lipinski definition) is 2. The molecule has 0 spiro atoms. The minimum absolute atomic E-state index is 0.427. The Kier molecular flexibility index (Phi) is 3.44. The third kappa shape index (κ3) is 2.22. The van der Waals surface area contributed by atoms with Crippen LogP contribution in [0.5, 0.6) is 0 Å². The monoisotopic (exact) mass is 362 g/mol. The fourth-order valence-corrected chi connectivity index (χ4v) is 4.00. The second-order valence-electron chi connectivity index (χ2n) is 7.07. The van der Waals surface area contributed by atoms with E-state index in [2.05, 4.69) is 27.8 Å². The van der Waals surface area contributed by atoms with E-state index in [-0.39, 0.29) is 0 Å². The maximum atomic E-state index is 8.59. The van der Waals surface area contributed by atoms with E-state index in [1.807, 2.05) is 42.1 Å². The Labute approximate surface area is 156 Å². The number of aryl methyl sites for hydroxylation is 1. The van der Waals surface area contributed by atoms with Gasteiger partial charge in [-0.25, -0.2) is 0 Å². The number of fused-ring (bicyclic) bond motifs is 3. The predicted molar refractivity (Wildman–Crippen MR) is 105 cm³/mol. The molecular formula is C21H19ClN4. The zero-order valence-electron chi connectivity index (χ0n) is 14.5. The molecule has 2 heterocycles. The number of rotatable bonds is 2. The summed E-state index contributed by atoms with van der Waals surface area (Å²) in [5.41, 5.74) is 5.93. The van der Waals surface area contributed by atoms with Gasteiger partial charge < -0.3 is 9.13 Å². The number of nitrogens with one attached hydrogen (secondary N) is 1. The molecule has 0 aliphatic heterocycles. The van der Waals surface area contributed by atoms with Crippen molar-refractivity contribution >= 4 is 33.5 Å². The number of aromatic nitrogens is 3. The maximum Gasteiger partial charge on any atom is 0.203 e. The van der Waals surface area contributed by atoms with E-state index in [0.29, 0.717) is 11.7 Å². The molecule has 1 aliphatic rings. The molecule has 5 rings (SSSR count). The Morgan fingerprint density at radius 2 is 1.81 bits per heavy atom. The summed E-state index contributed by atoms with van der Waals surface area (Å²) >= 11 is 6.03. The van der Waals surface area contributed by atoms with E-state index in [1.54, 1.807) is 0 Å². The van der Waals surface area contributed by atoms with Gasteiger partial charge in [0, 0.05) is 23.5 Å². The lowest BCUT2D eigenvalue weighted by atomic mass is 9.92. The Balaban J connectivity index is 1.83. The highest BCUT2D eigenvalue weighted by Crippen LogP contribution is 2.36. The third-order valence-electron chi connectivity index (χ3n) is 5.59. The molecule has 4 aromatic rings. The molecule has 2 aromatic heterocycles. The second kappa shape index (κ2) is 5.71. The van der Waals surface area contributed by atoms with Crippen LogP contribution in [0.2, 0.25) is 5.02 Å². The van der Waals surface area contributed by atoms with Crippen LogP contribution in [0.25, 0.3) is 33.1 Å². The summed E-state index contributed by atoms with van der Waals surface area (Å²) in [4.78, 5) is 4.64. The van der Waals surface area contributed by atoms with Gasteiger partial charge in [0.1, 0.15) is 0 Å². The number of imidazole rings is 1. The predicted octanol–water partition coefficient (Wildman–Crippen LogP) is 5.05. The highest BCUT2D eigenvalue weighted by Gasteiger charge is 2.24. The quantitative estimate of drug-likeness (QED) is 0.532. The van der Waals surface area contributed by atoms with Crippen LogP contribution in [0, 0.1) is 5.41 Å². The van der Waals surface area contributed by atoms with E-state index in [1.165, 1.54) is 6.42 Å². The standard InChI is InChI=1S/C21H19ClN4/c1-25-19-12-24-18-10-7-14(13-5-8-15(22)9-6-13)11-17(18)20(19)26(21(25)23)16-3-2-4-16/h5-12,16,23H,2-4H2,1H3. The number of nitrogens with zero attached hydrogens (tertiary/aromatic N) is 3. The molecule has 0 saturated heterocycles. The summed E-state index contributed by atoms with van der Waals surface area (Å²) in [6.07, 6.45) is 5.44. The molecule has 0 unspecified atom stereocenters. The van der Waals surface area contributed by atoms with Crippen molar-refractivity contribution in [1.29, 1.82) is 5.41 Å². The van der Waals surface area contributed by atoms with Crippen molar-refractivity contribution in [2.24, 2.45) is 7.05 Å². The molecular weight excluding hydrogens is 344 g/mol.